The van der Waals surface area contributed by atoms with Crippen molar-refractivity contribution in [2.45, 2.75) is 33.4 Å². The van der Waals surface area contributed by atoms with Crippen molar-refractivity contribution in [1.29, 1.82) is 0 Å². The lowest BCUT2D eigenvalue weighted by Crippen LogP contribution is -2.44. The summed E-state index contributed by atoms with van der Waals surface area (Å²) < 4.78 is 21.8. The van der Waals surface area contributed by atoms with Crippen molar-refractivity contribution in [3.8, 4) is 17.2 Å². The van der Waals surface area contributed by atoms with E-state index in [0.29, 0.717) is 34.4 Å². The van der Waals surface area contributed by atoms with Crippen LogP contribution < -0.4 is 24.4 Å². The molecule has 0 aliphatic carbocycles. The van der Waals surface area contributed by atoms with Crippen molar-refractivity contribution in [3.05, 3.63) is 59.5 Å². The molecule has 9 nitrogen and oxygen atoms in total. The van der Waals surface area contributed by atoms with E-state index < -0.39 is 6.10 Å². The highest BCUT2D eigenvalue weighted by molar-refractivity contribution is 6.01. The molecule has 1 unspecified atom stereocenters. The van der Waals surface area contributed by atoms with E-state index in [1.165, 1.54) is 7.11 Å². The lowest BCUT2D eigenvalue weighted by atomic mass is 10.1. The highest BCUT2D eigenvalue weighted by Gasteiger charge is 2.33. The van der Waals surface area contributed by atoms with Crippen molar-refractivity contribution in [1.82, 2.24) is 5.16 Å². The number of hydrogen-bond donors (Lipinski definition) is 1. The van der Waals surface area contributed by atoms with Crippen molar-refractivity contribution < 1.29 is 28.3 Å². The molecule has 3 aromatic rings. The molecule has 1 aromatic heterocycles. The standard InChI is InChI=1S/C24H25N3O6/c1-14-18(15(2)33-26-14)12-27-19-11-17(9-10-20(19)32-16(3)24(27)29)25-23(28)13-31-22-8-6-5-7-21(22)30-4/h5-11,16H,12-13H2,1-4H3,(H,25,28). The van der Waals surface area contributed by atoms with E-state index in [1.807, 2.05) is 19.9 Å². The van der Waals surface area contributed by atoms with Crippen molar-refractivity contribution >= 4 is 23.2 Å². The summed E-state index contributed by atoms with van der Waals surface area (Å²) in [5, 5.41) is 6.77. The topological polar surface area (TPSA) is 103 Å². The van der Waals surface area contributed by atoms with Crippen LogP contribution in [0, 0.1) is 13.8 Å². The summed E-state index contributed by atoms with van der Waals surface area (Å²) in [5.41, 5.74) is 2.63. The Bertz CT molecular complexity index is 1170. The van der Waals surface area contributed by atoms with Crippen LogP contribution in [0.5, 0.6) is 17.2 Å². The third-order valence-corrected chi connectivity index (χ3v) is 5.38. The quantitative estimate of drug-likeness (QED) is 0.585. The summed E-state index contributed by atoms with van der Waals surface area (Å²) in [6, 6.07) is 12.2. The molecule has 1 aliphatic rings. The molecular formula is C24H25N3O6. The Morgan fingerprint density at radius 3 is 2.64 bits per heavy atom. The number of rotatable bonds is 7. The average Bonchev–Trinajstić information content (AvgIpc) is 3.13. The Morgan fingerprint density at radius 2 is 1.94 bits per heavy atom. The van der Waals surface area contributed by atoms with Crippen LogP contribution in [0.15, 0.2) is 47.0 Å². The predicted molar refractivity (Wildman–Crippen MR) is 121 cm³/mol. The highest BCUT2D eigenvalue weighted by atomic mass is 16.5. The fourth-order valence-corrected chi connectivity index (χ4v) is 3.61. The normalized spacial score (nSPS) is 15.0. The maximum absolute atomic E-state index is 12.9. The Labute approximate surface area is 191 Å². The minimum absolute atomic E-state index is 0.189. The van der Waals surface area contributed by atoms with Gasteiger partial charge in [0.05, 0.1) is 25.0 Å². The Balaban J connectivity index is 1.52. The summed E-state index contributed by atoms with van der Waals surface area (Å²) in [6.45, 7) is 5.43. The number of aryl methyl sites for hydroxylation is 2. The zero-order valence-electron chi connectivity index (χ0n) is 18.9. The molecule has 0 bridgehead atoms. The van der Waals surface area contributed by atoms with Gasteiger partial charge in [0.25, 0.3) is 11.8 Å². The first-order valence-corrected chi connectivity index (χ1v) is 10.5. The molecule has 1 atom stereocenters. The monoisotopic (exact) mass is 451 g/mol. The van der Waals surface area contributed by atoms with Crippen LogP contribution in [0.2, 0.25) is 0 Å². The first-order chi connectivity index (χ1) is 15.9. The SMILES string of the molecule is COc1ccccc1OCC(=O)Nc1ccc2c(c1)N(Cc1c(C)noc1C)C(=O)C(C)O2. The fraction of sp³-hybridized carbons (Fsp3) is 0.292. The maximum Gasteiger partial charge on any atom is 0.268 e. The minimum Gasteiger partial charge on any atom is -0.493 e. The van der Waals surface area contributed by atoms with Crippen LogP contribution >= 0.6 is 0 Å². The summed E-state index contributed by atoms with van der Waals surface area (Å²) in [6.07, 6.45) is -0.632. The Morgan fingerprint density at radius 1 is 1.18 bits per heavy atom. The Hall–Kier alpha value is -4.01. The van der Waals surface area contributed by atoms with E-state index in [-0.39, 0.29) is 25.0 Å². The largest absolute Gasteiger partial charge is 0.493 e. The molecule has 0 saturated heterocycles. The van der Waals surface area contributed by atoms with E-state index in [0.717, 1.165) is 11.3 Å². The van der Waals surface area contributed by atoms with Crippen molar-refractivity contribution in [2.24, 2.45) is 0 Å². The molecular weight excluding hydrogens is 426 g/mol. The lowest BCUT2D eigenvalue weighted by molar-refractivity contribution is -0.125. The van der Waals surface area contributed by atoms with Gasteiger partial charge in [-0.05, 0) is 51.1 Å². The third-order valence-electron chi connectivity index (χ3n) is 5.38. The summed E-state index contributed by atoms with van der Waals surface area (Å²) in [5.74, 6) is 1.68. The molecule has 1 aliphatic heterocycles. The molecule has 172 valence electrons. The fourth-order valence-electron chi connectivity index (χ4n) is 3.61. The first kappa shape index (κ1) is 22.2. The van der Waals surface area contributed by atoms with Gasteiger partial charge < -0.3 is 29.0 Å². The lowest BCUT2D eigenvalue weighted by Gasteiger charge is -2.33. The van der Waals surface area contributed by atoms with Gasteiger partial charge in [-0.15, -0.1) is 0 Å². The van der Waals surface area contributed by atoms with Crippen LogP contribution in [0.1, 0.15) is 23.9 Å². The molecule has 2 aromatic carbocycles. The molecule has 9 heteroatoms. The highest BCUT2D eigenvalue weighted by Crippen LogP contribution is 2.38. The van der Waals surface area contributed by atoms with Crippen LogP contribution in [-0.4, -0.2) is 36.8 Å². The number of carbonyl (C=O) groups is 2. The molecule has 0 spiro atoms. The van der Waals surface area contributed by atoms with Gasteiger partial charge in [-0.3, -0.25) is 9.59 Å². The molecule has 0 saturated carbocycles. The van der Waals surface area contributed by atoms with E-state index in [2.05, 4.69) is 10.5 Å². The number of amides is 2. The van der Waals surface area contributed by atoms with Gasteiger partial charge in [-0.25, -0.2) is 0 Å². The van der Waals surface area contributed by atoms with Gasteiger partial charge in [0, 0.05) is 11.3 Å². The van der Waals surface area contributed by atoms with Crippen LogP contribution in [0.25, 0.3) is 0 Å². The van der Waals surface area contributed by atoms with Gasteiger partial charge in [-0.2, -0.15) is 0 Å². The van der Waals surface area contributed by atoms with Gasteiger partial charge in [-0.1, -0.05) is 17.3 Å². The number of nitrogens with zero attached hydrogens (tertiary/aromatic N) is 2. The number of hydrogen-bond acceptors (Lipinski definition) is 7. The second-order valence-electron chi connectivity index (χ2n) is 7.66. The molecule has 33 heavy (non-hydrogen) atoms. The predicted octanol–water partition coefficient (Wildman–Crippen LogP) is 3.63. The number of anilines is 2. The zero-order valence-corrected chi connectivity index (χ0v) is 18.9. The van der Waals surface area contributed by atoms with Gasteiger partial charge in [0.1, 0.15) is 11.5 Å². The third kappa shape index (κ3) is 4.62. The van der Waals surface area contributed by atoms with Crippen LogP contribution in [0.4, 0.5) is 11.4 Å². The second-order valence-corrected chi connectivity index (χ2v) is 7.66. The number of ether oxygens (including phenoxy) is 3. The van der Waals surface area contributed by atoms with E-state index in [1.54, 1.807) is 48.2 Å². The maximum atomic E-state index is 12.9. The molecule has 0 fully saturated rings. The first-order valence-electron chi connectivity index (χ1n) is 10.5. The summed E-state index contributed by atoms with van der Waals surface area (Å²) >= 11 is 0. The van der Waals surface area contributed by atoms with Crippen LogP contribution in [0.3, 0.4) is 0 Å². The Kier molecular flexibility index (Phi) is 6.21. The summed E-state index contributed by atoms with van der Waals surface area (Å²) in [4.78, 5) is 27.0. The number of carbonyl (C=O) groups excluding carboxylic acids is 2. The van der Waals surface area contributed by atoms with Gasteiger partial charge in [0.15, 0.2) is 24.2 Å². The van der Waals surface area contributed by atoms with Crippen LogP contribution in [-0.2, 0) is 16.1 Å². The number of methoxy groups -OCH3 is 1. The zero-order chi connectivity index (χ0) is 23.5. The molecule has 2 amide bonds. The average molecular weight is 451 g/mol. The van der Waals surface area contributed by atoms with E-state index in [4.69, 9.17) is 18.7 Å². The molecule has 4 rings (SSSR count). The molecule has 1 N–H and O–H groups in total. The molecule has 2 heterocycles. The van der Waals surface area contributed by atoms with Crippen molar-refractivity contribution in [2.75, 3.05) is 23.9 Å². The van der Waals surface area contributed by atoms with E-state index in [9.17, 15) is 9.59 Å². The summed E-state index contributed by atoms with van der Waals surface area (Å²) in [7, 11) is 1.54. The van der Waals surface area contributed by atoms with Gasteiger partial charge >= 0.3 is 0 Å². The number of aromatic nitrogens is 1. The van der Waals surface area contributed by atoms with Gasteiger partial charge in [0.2, 0.25) is 0 Å². The number of nitrogens with one attached hydrogen (secondary N) is 1. The minimum atomic E-state index is -0.632. The second kappa shape index (κ2) is 9.23. The number of benzene rings is 2. The number of fused-ring (bicyclic) bond motifs is 1. The smallest absolute Gasteiger partial charge is 0.268 e. The van der Waals surface area contributed by atoms with Crippen molar-refractivity contribution in [3.63, 3.8) is 0 Å². The number of para-hydroxylation sites is 2. The molecule has 0 radical (unpaired) electrons. The van der Waals surface area contributed by atoms with E-state index >= 15 is 0 Å².